The first-order chi connectivity index (χ1) is 9.34. The fourth-order valence-corrected chi connectivity index (χ4v) is 3.31. The molecular weight excluding hydrogens is 256 g/mol. The normalized spacial score (nSPS) is 11.4. The molecule has 0 bridgehead atoms. The van der Waals surface area contributed by atoms with Gasteiger partial charge in [-0.3, -0.25) is 4.40 Å². The van der Waals surface area contributed by atoms with Crippen molar-refractivity contribution in [1.82, 2.24) is 19.6 Å². The van der Waals surface area contributed by atoms with Crippen LogP contribution in [0.4, 0.5) is 0 Å². The Morgan fingerprint density at radius 3 is 2.84 bits per heavy atom. The number of thiophene rings is 1. The minimum absolute atomic E-state index is 0.877. The minimum Gasteiger partial charge on any atom is -0.269 e. The average Bonchev–Trinajstić information content (AvgIpc) is 3.05. The first kappa shape index (κ1) is 10.6. The fraction of sp³-hybridized carbons (Fsp3) is 0.0714. The molecule has 4 nitrogen and oxygen atoms in total. The molecule has 0 saturated heterocycles. The van der Waals surface area contributed by atoms with Gasteiger partial charge in [-0.2, -0.15) is 0 Å². The summed E-state index contributed by atoms with van der Waals surface area (Å²) in [5, 5.41) is 11.5. The molecule has 0 aliphatic carbocycles. The van der Waals surface area contributed by atoms with Crippen LogP contribution >= 0.6 is 11.3 Å². The van der Waals surface area contributed by atoms with Gasteiger partial charge in [-0.05, 0) is 12.5 Å². The standard InChI is InChI=1S/C14H10N4S/c1-9-16-14-12(13-17-15-8-18(9)13)11(7-19-14)10-5-3-2-4-6-10/h2-8H,1H3. The van der Waals surface area contributed by atoms with Gasteiger partial charge in [-0.1, -0.05) is 30.3 Å². The molecule has 5 heteroatoms. The summed E-state index contributed by atoms with van der Waals surface area (Å²) in [5.74, 6) is 0.911. The Morgan fingerprint density at radius 2 is 2.00 bits per heavy atom. The van der Waals surface area contributed by atoms with Crippen molar-refractivity contribution in [2.24, 2.45) is 0 Å². The second-order valence-corrected chi connectivity index (χ2v) is 5.24. The Morgan fingerprint density at radius 1 is 1.16 bits per heavy atom. The summed E-state index contributed by atoms with van der Waals surface area (Å²) in [6.07, 6.45) is 1.71. The monoisotopic (exact) mass is 266 g/mol. The summed E-state index contributed by atoms with van der Waals surface area (Å²) < 4.78 is 1.93. The SMILES string of the molecule is Cc1nc2scc(-c3ccccc3)c2c2nncn12. The van der Waals surface area contributed by atoms with Gasteiger partial charge in [0.15, 0.2) is 5.65 Å². The predicted molar refractivity (Wildman–Crippen MR) is 76.3 cm³/mol. The number of fused-ring (bicyclic) bond motifs is 3. The zero-order valence-corrected chi connectivity index (χ0v) is 11.1. The Balaban J connectivity index is 2.16. The van der Waals surface area contributed by atoms with Crippen molar-refractivity contribution >= 4 is 27.2 Å². The molecule has 0 N–H and O–H groups in total. The number of hydrogen-bond acceptors (Lipinski definition) is 4. The van der Waals surface area contributed by atoms with Crippen LogP contribution in [-0.2, 0) is 0 Å². The number of nitrogens with zero attached hydrogens (tertiary/aromatic N) is 4. The van der Waals surface area contributed by atoms with Crippen molar-refractivity contribution in [2.75, 3.05) is 0 Å². The smallest absolute Gasteiger partial charge is 0.172 e. The third-order valence-electron chi connectivity index (χ3n) is 3.24. The van der Waals surface area contributed by atoms with Gasteiger partial charge in [0.2, 0.25) is 0 Å². The maximum atomic E-state index is 4.62. The fourth-order valence-electron chi connectivity index (χ4n) is 2.32. The third-order valence-corrected chi connectivity index (χ3v) is 4.11. The Hall–Kier alpha value is -2.27. The highest BCUT2D eigenvalue weighted by Crippen LogP contribution is 2.35. The Kier molecular flexibility index (Phi) is 2.16. The van der Waals surface area contributed by atoms with Gasteiger partial charge in [-0.25, -0.2) is 4.98 Å². The average molecular weight is 266 g/mol. The van der Waals surface area contributed by atoms with Crippen LogP contribution < -0.4 is 0 Å². The molecule has 0 radical (unpaired) electrons. The van der Waals surface area contributed by atoms with Gasteiger partial charge in [0, 0.05) is 10.9 Å². The van der Waals surface area contributed by atoms with E-state index in [9.17, 15) is 0 Å². The number of aryl methyl sites for hydroxylation is 1. The van der Waals surface area contributed by atoms with E-state index < -0.39 is 0 Å². The van der Waals surface area contributed by atoms with Crippen molar-refractivity contribution in [3.8, 4) is 11.1 Å². The van der Waals surface area contributed by atoms with Crippen LogP contribution in [0.5, 0.6) is 0 Å². The lowest BCUT2D eigenvalue weighted by molar-refractivity contribution is 1.01. The van der Waals surface area contributed by atoms with Gasteiger partial charge in [0.05, 0.1) is 5.39 Å². The molecule has 0 aliphatic rings. The molecule has 19 heavy (non-hydrogen) atoms. The van der Waals surface area contributed by atoms with E-state index >= 15 is 0 Å². The highest BCUT2D eigenvalue weighted by molar-refractivity contribution is 7.17. The number of benzene rings is 1. The summed E-state index contributed by atoms with van der Waals surface area (Å²) >= 11 is 1.65. The summed E-state index contributed by atoms with van der Waals surface area (Å²) in [7, 11) is 0. The minimum atomic E-state index is 0.877. The first-order valence-electron chi connectivity index (χ1n) is 5.97. The summed E-state index contributed by atoms with van der Waals surface area (Å²) in [5.41, 5.74) is 3.23. The third kappa shape index (κ3) is 1.48. The molecule has 1 aromatic carbocycles. The van der Waals surface area contributed by atoms with Crippen molar-refractivity contribution in [1.29, 1.82) is 0 Å². The molecule has 92 valence electrons. The maximum Gasteiger partial charge on any atom is 0.172 e. The number of aromatic nitrogens is 4. The van der Waals surface area contributed by atoms with E-state index in [1.165, 1.54) is 11.1 Å². The Bertz CT molecular complexity index is 876. The van der Waals surface area contributed by atoms with E-state index in [0.717, 1.165) is 21.7 Å². The van der Waals surface area contributed by atoms with Crippen LogP contribution in [0.3, 0.4) is 0 Å². The van der Waals surface area contributed by atoms with Crippen LogP contribution in [0.2, 0.25) is 0 Å². The van der Waals surface area contributed by atoms with Crippen molar-refractivity contribution in [3.05, 3.63) is 47.9 Å². The molecule has 0 unspecified atom stereocenters. The molecule has 3 heterocycles. The topological polar surface area (TPSA) is 43.1 Å². The van der Waals surface area contributed by atoms with E-state index in [0.29, 0.717) is 0 Å². The second kappa shape index (κ2) is 3.86. The van der Waals surface area contributed by atoms with Gasteiger partial charge >= 0.3 is 0 Å². The van der Waals surface area contributed by atoms with Crippen molar-refractivity contribution < 1.29 is 0 Å². The lowest BCUT2D eigenvalue weighted by Gasteiger charge is -2.02. The Labute approximate surface area is 113 Å². The van der Waals surface area contributed by atoms with E-state index in [1.807, 2.05) is 29.5 Å². The summed E-state index contributed by atoms with van der Waals surface area (Å²) in [4.78, 5) is 5.63. The van der Waals surface area contributed by atoms with E-state index in [4.69, 9.17) is 0 Å². The van der Waals surface area contributed by atoms with Gasteiger partial charge in [-0.15, -0.1) is 21.5 Å². The van der Waals surface area contributed by atoms with Crippen LogP contribution in [0.25, 0.3) is 27.0 Å². The molecule has 0 atom stereocenters. The molecule has 0 saturated carbocycles. The van der Waals surface area contributed by atoms with Gasteiger partial charge in [0.1, 0.15) is 17.0 Å². The van der Waals surface area contributed by atoms with Crippen LogP contribution in [0.15, 0.2) is 42.0 Å². The summed E-state index contributed by atoms with van der Waals surface area (Å²) in [6.45, 7) is 1.97. The van der Waals surface area contributed by atoms with Crippen LogP contribution in [0.1, 0.15) is 5.82 Å². The molecule has 3 aromatic heterocycles. The number of hydrogen-bond donors (Lipinski definition) is 0. The van der Waals surface area contributed by atoms with Crippen LogP contribution in [0, 0.1) is 6.92 Å². The highest BCUT2D eigenvalue weighted by Gasteiger charge is 2.14. The molecule has 0 fully saturated rings. The maximum absolute atomic E-state index is 4.62. The molecular formula is C14H10N4S. The molecule has 0 spiro atoms. The molecule has 0 aliphatic heterocycles. The van der Waals surface area contributed by atoms with Crippen molar-refractivity contribution in [2.45, 2.75) is 6.92 Å². The van der Waals surface area contributed by atoms with Crippen molar-refractivity contribution in [3.63, 3.8) is 0 Å². The molecule has 4 aromatic rings. The van der Waals surface area contributed by atoms with Crippen LogP contribution in [-0.4, -0.2) is 19.6 Å². The van der Waals surface area contributed by atoms with E-state index in [2.05, 4.69) is 32.7 Å². The highest BCUT2D eigenvalue weighted by atomic mass is 32.1. The van der Waals surface area contributed by atoms with E-state index in [-0.39, 0.29) is 0 Å². The summed E-state index contributed by atoms with van der Waals surface area (Å²) in [6, 6.07) is 10.3. The zero-order valence-electron chi connectivity index (χ0n) is 10.2. The lowest BCUT2D eigenvalue weighted by Crippen LogP contribution is -1.94. The zero-order chi connectivity index (χ0) is 12.8. The molecule has 4 rings (SSSR count). The quantitative estimate of drug-likeness (QED) is 0.531. The first-order valence-corrected chi connectivity index (χ1v) is 6.85. The molecule has 0 amide bonds. The van der Waals surface area contributed by atoms with Gasteiger partial charge in [0.25, 0.3) is 0 Å². The second-order valence-electron chi connectivity index (χ2n) is 4.38. The lowest BCUT2D eigenvalue weighted by atomic mass is 10.1. The largest absolute Gasteiger partial charge is 0.269 e. The van der Waals surface area contributed by atoms with E-state index in [1.54, 1.807) is 17.7 Å². The number of rotatable bonds is 1. The predicted octanol–water partition coefficient (Wildman–Crippen LogP) is 3.31. The van der Waals surface area contributed by atoms with Gasteiger partial charge < -0.3 is 0 Å².